The Labute approximate surface area is 109 Å². The summed E-state index contributed by atoms with van der Waals surface area (Å²) < 4.78 is 0. The largest absolute Gasteiger partial charge is 0.393 e. The molecule has 1 aliphatic rings. The third-order valence-electron chi connectivity index (χ3n) is 3.74. The average molecular weight is 249 g/mol. The van der Waals surface area contributed by atoms with Gasteiger partial charge in [0.15, 0.2) is 0 Å². The molecule has 1 saturated heterocycles. The number of aliphatic hydroxyl groups excluding tert-OH is 1. The van der Waals surface area contributed by atoms with Gasteiger partial charge in [-0.3, -0.25) is 0 Å². The van der Waals surface area contributed by atoms with Crippen molar-refractivity contribution in [3.8, 4) is 0 Å². The van der Waals surface area contributed by atoms with Crippen LogP contribution in [0, 0.1) is 5.92 Å². The Morgan fingerprint density at radius 2 is 2.17 bits per heavy atom. The first-order valence-corrected chi connectivity index (χ1v) is 6.73. The van der Waals surface area contributed by atoms with E-state index in [1.165, 1.54) is 5.56 Å². The Bertz CT molecular complexity index is 356. The van der Waals surface area contributed by atoms with Crippen molar-refractivity contribution in [3.05, 3.63) is 23.9 Å². The number of nitrogens with one attached hydrogen (secondary N) is 1. The van der Waals surface area contributed by atoms with Crippen molar-refractivity contribution in [2.24, 2.45) is 5.92 Å². The van der Waals surface area contributed by atoms with Gasteiger partial charge in [0, 0.05) is 25.8 Å². The lowest BCUT2D eigenvalue weighted by atomic mass is 9.92. The summed E-state index contributed by atoms with van der Waals surface area (Å²) >= 11 is 0. The molecular formula is C14H23N3O. The quantitative estimate of drug-likeness (QED) is 0.847. The van der Waals surface area contributed by atoms with Gasteiger partial charge in [0.05, 0.1) is 6.10 Å². The lowest BCUT2D eigenvalue weighted by molar-refractivity contribution is 0.110. The van der Waals surface area contributed by atoms with Crippen LogP contribution in [0.4, 0.5) is 5.82 Å². The molecule has 0 spiro atoms. The molecule has 0 saturated carbocycles. The molecular weight excluding hydrogens is 226 g/mol. The highest BCUT2D eigenvalue weighted by molar-refractivity contribution is 5.39. The van der Waals surface area contributed by atoms with E-state index in [1.54, 1.807) is 0 Å². The second-order valence-electron chi connectivity index (χ2n) is 5.12. The third-order valence-corrected chi connectivity index (χ3v) is 3.74. The maximum absolute atomic E-state index is 9.59. The third kappa shape index (κ3) is 3.21. The monoisotopic (exact) mass is 249 g/mol. The fourth-order valence-electron chi connectivity index (χ4n) is 2.52. The van der Waals surface area contributed by atoms with Crippen molar-refractivity contribution in [1.29, 1.82) is 0 Å². The maximum Gasteiger partial charge on any atom is 0.128 e. The van der Waals surface area contributed by atoms with Crippen LogP contribution < -0.4 is 10.2 Å². The summed E-state index contributed by atoms with van der Waals surface area (Å²) in [6.45, 7) is 4.74. The van der Waals surface area contributed by atoms with Gasteiger partial charge in [0.2, 0.25) is 0 Å². The number of aliphatic hydroxyl groups is 1. The van der Waals surface area contributed by atoms with E-state index in [0.717, 1.165) is 38.3 Å². The standard InChI is InChI=1S/C14H23N3O/c1-11(18)13-5-7-17(8-6-13)14-4-3-12(9-15-2)10-16-14/h3-4,10-11,13,15,18H,5-9H2,1-2H3. The van der Waals surface area contributed by atoms with E-state index in [-0.39, 0.29) is 6.10 Å². The van der Waals surface area contributed by atoms with Crippen LogP contribution in [0.15, 0.2) is 18.3 Å². The van der Waals surface area contributed by atoms with Crippen molar-refractivity contribution in [1.82, 2.24) is 10.3 Å². The number of piperidine rings is 1. The molecule has 18 heavy (non-hydrogen) atoms. The lowest BCUT2D eigenvalue weighted by Crippen LogP contribution is -2.37. The molecule has 1 atom stereocenters. The zero-order chi connectivity index (χ0) is 13.0. The molecule has 4 nitrogen and oxygen atoms in total. The fraction of sp³-hybridized carbons (Fsp3) is 0.643. The van der Waals surface area contributed by atoms with Gasteiger partial charge in [0.25, 0.3) is 0 Å². The van der Waals surface area contributed by atoms with E-state index in [9.17, 15) is 5.11 Å². The van der Waals surface area contributed by atoms with Crippen molar-refractivity contribution in [2.75, 3.05) is 25.0 Å². The number of rotatable bonds is 4. The topological polar surface area (TPSA) is 48.4 Å². The smallest absolute Gasteiger partial charge is 0.128 e. The number of hydrogen-bond acceptors (Lipinski definition) is 4. The Morgan fingerprint density at radius 3 is 2.67 bits per heavy atom. The maximum atomic E-state index is 9.59. The Hall–Kier alpha value is -1.13. The van der Waals surface area contributed by atoms with E-state index >= 15 is 0 Å². The number of nitrogens with zero attached hydrogens (tertiary/aromatic N) is 2. The van der Waals surface area contributed by atoms with E-state index in [2.05, 4.69) is 27.3 Å². The van der Waals surface area contributed by atoms with Gasteiger partial charge in [-0.1, -0.05) is 6.07 Å². The summed E-state index contributed by atoms with van der Waals surface area (Å²) in [5.41, 5.74) is 1.21. The molecule has 100 valence electrons. The van der Waals surface area contributed by atoms with Crippen LogP contribution >= 0.6 is 0 Å². The van der Waals surface area contributed by atoms with Gasteiger partial charge >= 0.3 is 0 Å². The molecule has 0 radical (unpaired) electrons. The van der Waals surface area contributed by atoms with Crippen molar-refractivity contribution >= 4 is 5.82 Å². The summed E-state index contributed by atoms with van der Waals surface area (Å²) in [6, 6.07) is 4.22. The summed E-state index contributed by atoms with van der Waals surface area (Å²) in [5, 5.41) is 12.7. The fourth-order valence-corrected chi connectivity index (χ4v) is 2.52. The van der Waals surface area contributed by atoms with Gasteiger partial charge in [-0.15, -0.1) is 0 Å². The molecule has 1 fully saturated rings. The number of pyridine rings is 1. The molecule has 0 aromatic carbocycles. The normalized spacial score (nSPS) is 18.9. The number of hydrogen-bond donors (Lipinski definition) is 2. The molecule has 0 aliphatic carbocycles. The summed E-state index contributed by atoms with van der Waals surface area (Å²) in [7, 11) is 1.94. The first-order valence-electron chi connectivity index (χ1n) is 6.73. The van der Waals surface area contributed by atoms with E-state index in [1.807, 2.05) is 20.2 Å². The highest BCUT2D eigenvalue weighted by atomic mass is 16.3. The first-order chi connectivity index (χ1) is 8.70. The van der Waals surface area contributed by atoms with E-state index in [4.69, 9.17) is 0 Å². The molecule has 2 N–H and O–H groups in total. The van der Waals surface area contributed by atoms with Crippen LogP contribution in [0.2, 0.25) is 0 Å². The highest BCUT2D eigenvalue weighted by Crippen LogP contribution is 2.23. The van der Waals surface area contributed by atoms with Crippen LogP contribution in [0.1, 0.15) is 25.3 Å². The SMILES string of the molecule is CNCc1ccc(N2CCC(C(C)O)CC2)nc1. The van der Waals surface area contributed by atoms with Crippen LogP contribution in [0.5, 0.6) is 0 Å². The van der Waals surface area contributed by atoms with E-state index < -0.39 is 0 Å². The minimum Gasteiger partial charge on any atom is -0.393 e. The Balaban J connectivity index is 1.93. The Kier molecular flexibility index (Phi) is 4.55. The molecule has 1 aromatic rings. The Morgan fingerprint density at radius 1 is 1.44 bits per heavy atom. The second-order valence-corrected chi connectivity index (χ2v) is 5.12. The summed E-state index contributed by atoms with van der Waals surface area (Å²) in [5.74, 6) is 1.50. The number of aromatic nitrogens is 1. The minimum absolute atomic E-state index is 0.182. The molecule has 2 rings (SSSR count). The second kappa shape index (κ2) is 6.16. The molecule has 0 amide bonds. The number of anilines is 1. The zero-order valence-corrected chi connectivity index (χ0v) is 11.3. The zero-order valence-electron chi connectivity index (χ0n) is 11.3. The predicted octanol–water partition coefficient (Wildman–Crippen LogP) is 1.40. The summed E-state index contributed by atoms with van der Waals surface area (Å²) in [4.78, 5) is 6.82. The van der Waals surface area contributed by atoms with Crippen molar-refractivity contribution in [2.45, 2.75) is 32.4 Å². The van der Waals surface area contributed by atoms with Gasteiger partial charge in [-0.25, -0.2) is 4.98 Å². The average Bonchev–Trinajstić information content (AvgIpc) is 2.40. The summed E-state index contributed by atoms with van der Waals surface area (Å²) in [6.07, 6.45) is 3.86. The van der Waals surface area contributed by atoms with Crippen LogP contribution in [0.3, 0.4) is 0 Å². The highest BCUT2D eigenvalue weighted by Gasteiger charge is 2.23. The van der Waals surface area contributed by atoms with Gasteiger partial charge in [0.1, 0.15) is 5.82 Å². The minimum atomic E-state index is -0.182. The molecule has 1 unspecified atom stereocenters. The van der Waals surface area contributed by atoms with E-state index in [0.29, 0.717) is 5.92 Å². The van der Waals surface area contributed by atoms with Gasteiger partial charge < -0.3 is 15.3 Å². The molecule has 0 bridgehead atoms. The van der Waals surface area contributed by atoms with Crippen LogP contribution in [-0.2, 0) is 6.54 Å². The van der Waals surface area contributed by atoms with Crippen LogP contribution in [-0.4, -0.2) is 36.3 Å². The molecule has 1 aromatic heterocycles. The molecule has 2 heterocycles. The van der Waals surface area contributed by atoms with Gasteiger partial charge in [-0.2, -0.15) is 0 Å². The predicted molar refractivity (Wildman–Crippen MR) is 73.6 cm³/mol. The van der Waals surface area contributed by atoms with Crippen LogP contribution in [0.25, 0.3) is 0 Å². The first kappa shape index (κ1) is 13.3. The molecule has 4 heteroatoms. The van der Waals surface area contributed by atoms with Crippen molar-refractivity contribution < 1.29 is 5.11 Å². The molecule has 1 aliphatic heterocycles. The van der Waals surface area contributed by atoms with Gasteiger partial charge in [-0.05, 0) is 44.4 Å². The lowest BCUT2D eigenvalue weighted by Gasteiger charge is -2.34. The van der Waals surface area contributed by atoms with Crippen molar-refractivity contribution in [3.63, 3.8) is 0 Å².